The molecule has 2 heterocycles. The van der Waals surface area contributed by atoms with E-state index in [4.69, 9.17) is 17.3 Å². The Bertz CT molecular complexity index is 549. The molecule has 0 unspecified atom stereocenters. The first-order chi connectivity index (χ1) is 8.41. The Morgan fingerprint density at radius 3 is 2.56 bits per heavy atom. The summed E-state index contributed by atoms with van der Waals surface area (Å²) in [6.07, 6.45) is 2.17. The van der Waals surface area contributed by atoms with Crippen molar-refractivity contribution in [2.24, 2.45) is 11.7 Å². The molecule has 1 fully saturated rings. The minimum absolute atomic E-state index is 0.130. The highest BCUT2D eigenvalue weighted by Gasteiger charge is 2.32. The fourth-order valence-corrected chi connectivity index (χ4v) is 4.78. The highest BCUT2D eigenvalue weighted by Crippen LogP contribution is 2.28. The van der Waals surface area contributed by atoms with Gasteiger partial charge in [-0.15, -0.1) is 0 Å². The molecule has 1 aliphatic heterocycles. The van der Waals surface area contributed by atoms with E-state index in [1.807, 2.05) is 0 Å². The van der Waals surface area contributed by atoms with E-state index in [9.17, 15) is 13.2 Å². The molecule has 0 saturated carbocycles. The predicted molar refractivity (Wildman–Crippen MR) is 67.8 cm³/mol. The maximum Gasteiger partial charge on any atom is 0.254 e. The molecule has 0 atom stereocenters. The normalized spacial score (nSPS) is 18.9. The molecule has 1 saturated heterocycles. The fraction of sp³-hybridized carbons (Fsp3) is 0.556. The van der Waals surface area contributed by atoms with Crippen LogP contribution in [-0.4, -0.2) is 36.7 Å². The zero-order chi connectivity index (χ0) is 13.3. The predicted octanol–water partition coefficient (Wildman–Crippen LogP) is 0.683. The number of thiazole rings is 1. The van der Waals surface area contributed by atoms with Crippen molar-refractivity contribution in [3.05, 3.63) is 10.7 Å². The van der Waals surface area contributed by atoms with Gasteiger partial charge in [-0.05, 0) is 12.8 Å². The van der Waals surface area contributed by atoms with Gasteiger partial charge in [0.15, 0.2) is 8.68 Å². The largest absolute Gasteiger partial charge is 0.369 e. The van der Waals surface area contributed by atoms with E-state index >= 15 is 0 Å². The first-order valence-electron chi connectivity index (χ1n) is 5.32. The number of nitrogens with two attached hydrogens (primary N) is 1. The summed E-state index contributed by atoms with van der Waals surface area (Å²) < 4.78 is 26.1. The molecule has 0 bridgehead atoms. The summed E-state index contributed by atoms with van der Waals surface area (Å²) in [5.41, 5.74) is 5.20. The highest BCUT2D eigenvalue weighted by molar-refractivity contribution is 7.91. The SMILES string of the molecule is NC(=O)C1CCN(S(=O)(=O)c2cnc(Cl)s2)CC1. The van der Waals surface area contributed by atoms with Gasteiger partial charge in [-0.1, -0.05) is 22.9 Å². The van der Waals surface area contributed by atoms with E-state index in [0.29, 0.717) is 25.9 Å². The third-order valence-electron chi connectivity index (χ3n) is 2.91. The number of nitrogens with zero attached hydrogens (tertiary/aromatic N) is 2. The lowest BCUT2D eigenvalue weighted by Gasteiger charge is -2.29. The number of piperidine rings is 1. The van der Waals surface area contributed by atoms with Crippen LogP contribution in [0.2, 0.25) is 4.47 Å². The minimum atomic E-state index is -3.54. The molecule has 1 aliphatic rings. The van der Waals surface area contributed by atoms with Crippen molar-refractivity contribution >= 4 is 38.9 Å². The summed E-state index contributed by atoms with van der Waals surface area (Å²) in [4.78, 5) is 14.7. The summed E-state index contributed by atoms with van der Waals surface area (Å²) >= 11 is 6.56. The molecule has 2 rings (SSSR count). The monoisotopic (exact) mass is 309 g/mol. The van der Waals surface area contributed by atoms with Gasteiger partial charge in [0.1, 0.15) is 0 Å². The minimum Gasteiger partial charge on any atom is -0.369 e. The Morgan fingerprint density at radius 2 is 2.11 bits per heavy atom. The molecule has 9 heteroatoms. The van der Waals surface area contributed by atoms with Crippen LogP contribution < -0.4 is 5.73 Å². The quantitative estimate of drug-likeness (QED) is 0.888. The second-order valence-corrected chi connectivity index (χ2v) is 7.79. The molecule has 1 aromatic heterocycles. The number of sulfonamides is 1. The second-order valence-electron chi connectivity index (χ2n) is 4.01. The maximum absolute atomic E-state index is 12.2. The molecule has 1 aromatic rings. The average Bonchev–Trinajstić information content (AvgIpc) is 2.76. The molecular formula is C9H12ClN3O3S2. The number of primary amides is 1. The van der Waals surface area contributed by atoms with Crippen molar-refractivity contribution in [1.29, 1.82) is 0 Å². The number of rotatable bonds is 3. The molecule has 0 radical (unpaired) electrons. The summed E-state index contributed by atoms with van der Waals surface area (Å²) in [5.74, 6) is -0.602. The third-order valence-corrected chi connectivity index (χ3v) is 6.36. The van der Waals surface area contributed by atoms with Crippen LogP contribution in [0.15, 0.2) is 10.4 Å². The van der Waals surface area contributed by atoms with E-state index in [-0.39, 0.29) is 20.5 Å². The van der Waals surface area contributed by atoms with Crippen LogP contribution in [0.4, 0.5) is 0 Å². The molecule has 1 amide bonds. The molecule has 2 N–H and O–H groups in total. The average molecular weight is 310 g/mol. The number of hydrogen-bond acceptors (Lipinski definition) is 5. The molecule has 0 aromatic carbocycles. The Hall–Kier alpha value is -0.700. The van der Waals surface area contributed by atoms with Crippen molar-refractivity contribution in [2.45, 2.75) is 17.1 Å². The number of halogens is 1. The Morgan fingerprint density at radius 1 is 1.50 bits per heavy atom. The van der Waals surface area contributed by atoms with E-state index in [1.165, 1.54) is 10.5 Å². The Balaban J connectivity index is 2.12. The zero-order valence-corrected chi connectivity index (χ0v) is 11.8. The summed E-state index contributed by atoms with van der Waals surface area (Å²) in [6.45, 7) is 0.594. The zero-order valence-electron chi connectivity index (χ0n) is 9.37. The smallest absolute Gasteiger partial charge is 0.254 e. The van der Waals surface area contributed by atoms with Crippen molar-refractivity contribution < 1.29 is 13.2 Å². The van der Waals surface area contributed by atoms with Crippen LogP contribution in [0.25, 0.3) is 0 Å². The topological polar surface area (TPSA) is 93.4 Å². The number of carbonyl (C=O) groups excluding carboxylic acids is 1. The number of amides is 1. The molecule has 18 heavy (non-hydrogen) atoms. The molecule has 0 spiro atoms. The van der Waals surface area contributed by atoms with Gasteiger partial charge in [0.25, 0.3) is 10.0 Å². The maximum atomic E-state index is 12.2. The summed E-state index contributed by atoms with van der Waals surface area (Å²) in [6, 6.07) is 0. The third kappa shape index (κ3) is 2.66. The summed E-state index contributed by atoms with van der Waals surface area (Å²) in [7, 11) is -3.54. The van der Waals surface area contributed by atoms with Crippen molar-refractivity contribution in [3.63, 3.8) is 0 Å². The van der Waals surface area contributed by atoms with Gasteiger partial charge < -0.3 is 5.73 Å². The summed E-state index contributed by atoms with van der Waals surface area (Å²) in [5, 5.41) is 0. The van der Waals surface area contributed by atoms with Gasteiger partial charge in [-0.2, -0.15) is 4.31 Å². The number of carbonyl (C=O) groups is 1. The van der Waals surface area contributed by atoms with E-state index in [0.717, 1.165) is 11.3 Å². The molecule has 0 aliphatic carbocycles. The van der Waals surface area contributed by atoms with Crippen LogP contribution in [0.5, 0.6) is 0 Å². The van der Waals surface area contributed by atoms with Gasteiger partial charge in [-0.25, -0.2) is 13.4 Å². The number of aromatic nitrogens is 1. The highest BCUT2D eigenvalue weighted by atomic mass is 35.5. The molecular weight excluding hydrogens is 298 g/mol. The second kappa shape index (κ2) is 5.12. The van der Waals surface area contributed by atoms with E-state index in [1.54, 1.807) is 0 Å². The standard InChI is InChI=1S/C9H12ClN3O3S2/c10-9-12-5-7(17-9)18(15,16)13-3-1-6(2-4-13)8(11)14/h5-6H,1-4H2,(H2,11,14). The van der Waals surface area contributed by atoms with Gasteiger partial charge in [0, 0.05) is 19.0 Å². The molecule has 100 valence electrons. The van der Waals surface area contributed by atoms with E-state index < -0.39 is 10.0 Å². The van der Waals surface area contributed by atoms with Crippen LogP contribution in [-0.2, 0) is 14.8 Å². The Labute approximate surface area is 114 Å². The van der Waals surface area contributed by atoms with Gasteiger partial charge in [0.2, 0.25) is 5.91 Å². The van der Waals surface area contributed by atoms with Crippen LogP contribution >= 0.6 is 22.9 Å². The Kier molecular flexibility index (Phi) is 3.90. The lowest BCUT2D eigenvalue weighted by Crippen LogP contribution is -2.41. The van der Waals surface area contributed by atoms with Gasteiger partial charge >= 0.3 is 0 Å². The van der Waals surface area contributed by atoms with Crippen molar-refractivity contribution in [3.8, 4) is 0 Å². The first-order valence-corrected chi connectivity index (χ1v) is 7.95. The lowest BCUT2D eigenvalue weighted by atomic mass is 9.98. The van der Waals surface area contributed by atoms with Crippen molar-refractivity contribution in [1.82, 2.24) is 9.29 Å². The van der Waals surface area contributed by atoms with Gasteiger partial charge in [0.05, 0.1) is 6.20 Å². The first kappa shape index (κ1) is 13.7. The lowest BCUT2D eigenvalue weighted by molar-refractivity contribution is -0.122. The van der Waals surface area contributed by atoms with Crippen LogP contribution in [0.3, 0.4) is 0 Å². The number of hydrogen-bond donors (Lipinski definition) is 1. The fourth-order valence-electron chi connectivity index (χ4n) is 1.87. The van der Waals surface area contributed by atoms with Gasteiger partial charge in [-0.3, -0.25) is 4.79 Å². The van der Waals surface area contributed by atoms with E-state index in [2.05, 4.69) is 4.98 Å². The van der Waals surface area contributed by atoms with Crippen LogP contribution in [0, 0.1) is 5.92 Å². The molecule has 6 nitrogen and oxygen atoms in total. The van der Waals surface area contributed by atoms with Crippen molar-refractivity contribution in [2.75, 3.05) is 13.1 Å². The van der Waals surface area contributed by atoms with Crippen LogP contribution in [0.1, 0.15) is 12.8 Å².